The quantitative estimate of drug-likeness (QED) is 0.481. The number of esters is 1. The van der Waals surface area contributed by atoms with E-state index in [2.05, 4.69) is 0 Å². The highest BCUT2D eigenvalue weighted by Gasteiger charge is 2.46. The minimum absolute atomic E-state index is 0.0263. The fraction of sp³-hybridized carbons (Fsp3) is 0.556. The topological polar surface area (TPSA) is 63.6 Å². The molecule has 0 aliphatic heterocycles. The monoisotopic (exact) mass is 306 g/mol. The molecule has 1 aliphatic carbocycles. The van der Waals surface area contributed by atoms with E-state index in [4.69, 9.17) is 4.74 Å². The first-order chi connectivity index (χ1) is 10.2. The maximum atomic E-state index is 11.7. The fourth-order valence-electron chi connectivity index (χ4n) is 2.69. The van der Waals surface area contributed by atoms with Gasteiger partial charge in [-0.15, -0.1) is 0 Å². The highest BCUT2D eigenvalue weighted by molar-refractivity contribution is 5.92. The normalized spacial score (nSPS) is 25.3. The van der Waals surface area contributed by atoms with Crippen LogP contribution in [0.15, 0.2) is 35.5 Å². The van der Waals surface area contributed by atoms with Crippen molar-refractivity contribution in [2.45, 2.75) is 53.1 Å². The number of carbonyl (C=O) groups excluding carboxylic acids is 2. The van der Waals surface area contributed by atoms with Crippen LogP contribution in [0.2, 0.25) is 0 Å². The number of carbonyl (C=O) groups is 2. The molecule has 1 unspecified atom stereocenters. The van der Waals surface area contributed by atoms with E-state index in [1.807, 2.05) is 20.8 Å². The molecule has 1 N–H and O–H groups in total. The second kappa shape index (κ2) is 7.05. The molecule has 0 radical (unpaired) electrons. The molecule has 0 bridgehead atoms. The molecule has 122 valence electrons. The molecule has 0 amide bonds. The minimum Gasteiger partial charge on any atom is -0.463 e. The Labute approximate surface area is 132 Å². The molecule has 0 spiro atoms. The number of hydrogen-bond donors (Lipinski definition) is 1. The van der Waals surface area contributed by atoms with E-state index in [1.54, 1.807) is 26.0 Å². The molecular weight excluding hydrogens is 280 g/mol. The highest BCUT2D eigenvalue weighted by Crippen LogP contribution is 2.44. The lowest BCUT2D eigenvalue weighted by atomic mass is 9.64. The molecule has 22 heavy (non-hydrogen) atoms. The first-order valence-electron chi connectivity index (χ1n) is 7.66. The van der Waals surface area contributed by atoms with E-state index >= 15 is 0 Å². The fourth-order valence-corrected chi connectivity index (χ4v) is 2.69. The lowest BCUT2D eigenvalue weighted by Gasteiger charge is -2.44. The van der Waals surface area contributed by atoms with Crippen molar-refractivity contribution >= 4 is 11.8 Å². The Bertz CT molecular complexity index is 537. The van der Waals surface area contributed by atoms with Gasteiger partial charge in [-0.3, -0.25) is 4.79 Å². The van der Waals surface area contributed by atoms with Gasteiger partial charge in [0.1, 0.15) is 5.60 Å². The summed E-state index contributed by atoms with van der Waals surface area (Å²) < 4.78 is 4.90. The van der Waals surface area contributed by atoms with Crippen LogP contribution < -0.4 is 0 Å². The Morgan fingerprint density at radius 1 is 1.41 bits per heavy atom. The summed E-state index contributed by atoms with van der Waals surface area (Å²) in [6.45, 7) is 9.50. The summed E-state index contributed by atoms with van der Waals surface area (Å²) in [6, 6.07) is 0. The second-order valence-electron chi connectivity index (χ2n) is 6.28. The molecule has 1 atom stereocenters. The van der Waals surface area contributed by atoms with Crippen molar-refractivity contribution in [2.75, 3.05) is 6.61 Å². The Morgan fingerprint density at radius 3 is 2.55 bits per heavy atom. The number of hydrogen-bond acceptors (Lipinski definition) is 4. The van der Waals surface area contributed by atoms with Crippen molar-refractivity contribution in [1.29, 1.82) is 0 Å². The molecule has 1 aliphatic rings. The molecule has 0 fully saturated rings. The standard InChI is InChI=1S/C18H26O4/c1-6-14(11-16(20)22-7-2)8-9-18(21)13(3)10-15(19)12-17(18,4)5/h8-11,21H,6-7,12H2,1-5H3/b9-8+,14-11+. The molecule has 1 rings (SSSR count). The van der Waals surface area contributed by atoms with E-state index in [1.165, 1.54) is 12.2 Å². The molecule has 0 saturated carbocycles. The zero-order chi connectivity index (χ0) is 17.0. The van der Waals surface area contributed by atoms with Crippen LogP contribution in [0.5, 0.6) is 0 Å². The van der Waals surface area contributed by atoms with Gasteiger partial charge in [-0.1, -0.05) is 26.8 Å². The van der Waals surface area contributed by atoms with Gasteiger partial charge >= 0.3 is 5.97 Å². The minimum atomic E-state index is -1.20. The van der Waals surface area contributed by atoms with Gasteiger partial charge in [-0.25, -0.2) is 4.79 Å². The maximum absolute atomic E-state index is 11.7. The summed E-state index contributed by atoms with van der Waals surface area (Å²) in [6.07, 6.45) is 7.28. The maximum Gasteiger partial charge on any atom is 0.331 e. The molecule has 0 aromatic heterocycles. The first-order valence-corrected chi connectivity index (χ1v) is 7.66. The number of ether oxygens (including phenoxy) is 1. The van der Waals surface area contributed by atoms with Crippen molar-refractivity contribution in [1.82, 2.24) is 0 Å². The van der Waals surface area contributed by atoms with Crippen LogP contribution in [0, 0.1) is 5.41 Å². The largest absolute Gasteiger partial charge is 0.463 e. The Morgan fingerprint density at radius 2 is 2.05 bits per heavy atom. The molecule has 0 aromatic carbocycles. The average molecular weight is 306 g/mol. The van der Waals surface area contributed by atoms with Gasteiger partial charge in [-0.2, -0.15) is 0 Å². The van der Waals surface area contributed by atoms with Gasteiger partial charge in [-0.05, 0) is 43.6 Å². The van der Waals surface area contributed by atoms with Gasteiger partial charge in [0, 0.05) is 17.9 Å². The van der Waals surface area contributed by atoms with E-state index in [-0.39, 0.29) is 18.2 Å². The van der Waals surface area contributed by atoms with Crippen LogP contribution in [-0.4, -0.2) is 29.1 Å². The lowest BCUT2D eigenvalue weighted by Crippen LogP contribution is -2.48. The molecule has 0 saturated heterocycles. The SMILES string of the molecule is CCOC(=O)/C=C(/C=C/C1(O)C(C)=CC(=O)CC1(C)C)CC. The first kappa shape index (κ1) is 18.4. The van der Waals surface area contributed by atoms with Crippen LogP contribution in [0.1, 0.15) is 47.5 Å². The lowest BCUT2D eigenvalue weighted by molar-refractivity contribution is -0.137. The van der Waals surface area contributed by atoms with Gasteiger partial charge in [0.2, 0.25) is 0 Å². The summed E-state index contributed by atoms with van der Waals surface area (Å²) in [5.74, 6) is -0.361. The number of rotatable bonds is 5. The summed E-state index contributed by atoms with van der Waals surface area (Å²) in [5, 5.41) is 11.0. The zero-order valence-electron chi connectivity index (χ0n) is 14.1. The van der Waals surface area contributed by atoms with E-state index in [0.717, 1.165) is 5.57 Å². The predicted molar refractivity (Wildman–Crippen MR) is 86.3 cm³/mol. The average Bonchev–Trinajstić information content (AvgIpc) is 2.40. The van der Waals surface area contributed by atoms with Crippen LogP contribution in [0.3, 0.4) is 0 Å². The highest BCUT2D eigenvalue weighted by atomic mass is 16.5. The summed E-state index contributed by atoms with van der Waals surface area (Å²) in [4.78, 5) is 23.2. The van der Waals surface area contributed by atoms with Crippen molar-refractivity contribution in [3.63, 3.8) is 0 Å². The Balaban J connectivity index is 3.10. The Hall–Kier alpha value is -1.68. The third-order valence-electron chi connectivity index (χ3n) is 4.16. The third-order valence-corrected chi connectivity index (χ3v) is 4.16. The summed E-state index contributed by atoms with van der Waals surface area (Å²) in [7, 11) is 0. The van der Waals surface area contributed by atoms with Crippen molar-refractivity contribution < 1.29 is 19.4 Å². The number of ketones is 1. The zero-order valence-corrected chi connectivity index (χ0v) is 14.1. The molecule has 0 aromatic rings. The summed E-state index contributed by atoms with van der Waals surface area (Å²) >= 11 is 0. The third kappa shape index (κ3) is 3.95. The van der Waals surface area contributed by atoms with Gasteiger partial charge in [0.25, 0.3) is 0 Å². The van der Waals surface area contributed by atoms with Crippen LogP contribution in [0.25, 0.3) is 0 Å². The van der Waals surface area contributed by atoms with E-state index in [0.29, 0.717) is 18.6 Å². The molecule has 0 heterocycles. The Kier molecular flexibility index (Phi) is 5.89. The number of aliphatic hydroxyl groups is 1. The predicted octanol–water partition coefficient (Wildman–Crippen LogP) is 3.12. The van der Waals surface area contributed by atoms with Crippen LogP contribution >= 0.6 is 0 Å². The van der Waals surface area contributed by atoms with Gasteiger partial charge in [0.05, 0.1) is 6.61 Å². The number of allylic oxidation sites excluding steroid dienone is 3. The van der Waals surface area contributed by atoms with Crippen molar-refractivity contribution in [2.24, 2.45) is 5.41 Å². The van der Waals surface area contributed by atoms with Crippen molar-refractivity contribution in [3.8, 4) is 0 Å². The molecule has 4 nitrogen and oxygen atoms in total. The van der Waals surface area contributed by atoms with Crippen LogP contribution in [0.4, 0.5) is 0 Å². The van der Waals surface area contributed by atoms with Crippen LogP contribution in [-0.2, 0) is 14.3 Å². The van der Waals surface area contributed by atoms with Gasteiger partial charge < -0.3 is 9.84 Å². The van der Waals surface area contributed by atoms with Gasteiger partial charge in [0.15, 0.2) is 5.78 Å². The summed E-state index contributed by atoms with van der Waals surface area (Å²) in [5.41, 5.74) is -0.407. The molecular formula is C18H26O4. The van der Waals surface area contributed by atoms with E-state index < -0.39 is 11.0 Å². The van der Waals surface area contributed by atoms with E-state index in [9.17, 15) is 14.7 Å². The molecule has 4 heteroatoms. The van der Waals surface area contributed by atoms with Crippen molar-refractivity contribution in [3.05, 3.63) is 35.5 Å². The smallest absolute Gasteiger partial charge is 0.331 e. The second-order valence-corrected chi connectivity index (χ2v) is 6.28.